The van der Waals surface area contributed by atoms with Gasteiger partial charge in [-0.25, -0.2) is 9.97 Å². The molecule has 0 radical (unpaired) electrons. The first kappa shape index (κ1) is 21.1. The Morgan fingerprint density at radius 2 is 2.11 bits per heavy atom. The number of amides is 1. The van der Waals surface area contributed by atoms with Gasteiger partial charge in [0.25, 0.3) is 5.91 Å². The average Bonchev–Trinajstić information content (AvgIpc) is 2.73. The van der Waals surface area contributed by atoms with Crippen molar-refractivity contribution in [1.29, 1.82) is 5.26 Å². The summed E-state index contributed by atoms with van der Waals surface area (Å²) in [5.41, 5.74) is 1.49. The molecule has 2 N–H and O–H groups in total. The Hall–Kier alpha value is -3.24. The molecule has 2 rings (SSSR count). The minimum absolute atomic E-state index is 0.00632. The molecular weight excluding hydrogens is 354 g/mol. The highest BCUT2D eigenvalue weighted by Gasteiger charge is 2.17. The zero-order valence-electron chi connectivity index (χ0n) is 16.2. The number of carbonyl (C=O) groups excluding carboxylic acids is 1. The Balaban J connectivity index is 2.09. The third-order valence-corrected chi connectivity index (χ3v) is 4.05. The van der Waals surface area contributed by atoms with Crippen molar-refractivity contribution in [3.63, 3.8) is 0 Å². The van der Waals surface area contributed by atoms with Gasteiger partial charge in [-0.2, -0.15) is 5.26 Å². The summed E-state index contributed by atoms with van der Waals surface area (Å²) in [6.07, 6.45) is 6.05. The predicted molar refractivity (Wildman–Crippen MR) is 107 cm³/mol. The highest BCUT2D eigenvalue weighted by molar-refractivity contribution is 6.01. The second kappa shape index (κ2) is 11.5. The molecule has 1 atom stereocenters. The van der Waals surface area contributed by atoms with E-state index in [1.54, 1.807) is 12.3 Å². The van der Waals surface area contributed by atoms with Crippen molar-refractivity contribution in [3.05, 3.63) is 59.7 Å². The molecule has 1 amide bonds. The fraction of sp³-hybridized carbons (Fsp3) is 0.333. The Morgan fingerprint density at radius 3 is 2.71 bits per heavy atom. The molecule has 0 bridgehead atoms. The van der Waals surface area contributed by atoms with E-state index in [1.807, 2.05) is 37.4 Å². The molecular formula is C21H25N5O2. The second-order valence-corrected chi connectivity index (χ2v) is 6.14. The van der Waals surface area contributed by atoms with E-state index < -0.39 is 5.91 Å². The lowest BCUT2D eigenvalue weighted by Gasteiger charge is -2.19. The Labute approximate surface area is 165 Å². The molecule has 1 aromatic heterocycles. The van der Waals surface area contributed by atoms with E-state index in [4.69, 9.17) is 4.74 Å². The Bertz CT molecular complexity index is 813. The molecule has 1 aromatic carbocycles. The third-order valence-electron chi connectivity index (χ3n) is 4.05. The minimum atomic E-state index is -0.422. The molecule has 0 aliphatic rings. The summed E-state index contributed by atoms with van der Waals surface area (Å²) < 4.78 is 5.63. The number of likely N-dealkylation sites (N-methyl/N-ethyl adjacent to an activating group) is 1. The van der Waals surface area contributed by atoms with Crippen molar-refractivity contribution in [2.24, 2.45) is 0 Å². The van der Waals surface area contributed by atoms with Crippen LogP contribution in [0.1, 0.15) is 37.1 Å². The SMILES string of the molecule is CCCC(NC(=O)C(C#N)=Cc1ccncn1)c1ccc(OCCNC)cc1. The third kappa shape index (κ3) is 6.49. The fourth-order valence-electron chi connectivity index (χ4n) is 2.60. The van der Waals surface area contributed by atoms with Gasteiger partial charge >= 0.3 is 0 Å². The first-order valence-corrected chi connectivity index (χ1v) is 9.24. The Kier molecular flexibility index (Phi) is 8.63. The van der Waals surface area contributed by atoms with Crippen LogP contribution in [-0.4, -0.2) is 36.1 Å². The molecule has 0 saturated heterocycles. The molecule has 7 heteroatoms. The van der Waals surface area contributed by atoms with Gasteiger partial charge in [0.1, 0.15) is 30.3 Å². The molecule has 7 nitrogen and oxygen atoms in total. The molecule has 1 unspecified atom stereocenters. The van der Waals surface area contributed by atoms with Gasteiger partial charge in [-0.1, -0.05) is 25.5 Å². The largest absolute Gasteiger partial charge is 0.492 e. The van der Waals surface area contributed by atoms with Crippen molar-refractivity contribution in [2.45, 2.75) is 25.8 Å². The summed E-state index contributed by atoms with van der Waals surface area (Å²) in [6.45, 7) is 3.41. The van der Waals surface area contributed by atoms with Crippen LogP contribution in [0.15, 0.2) is 48.4 Å². The van der Waals surface area contributed by atoms with Gasteiger partial charge in [-0.3, -0.25) is 4.79 Å². The molecule has 0 aliphatic heterocycles. The van der Waals surface area contributed by atoms with Gasteiger partial charge in [0.2, 0.25) is 0 Å². The van der Waals surface area contributed by atoms with E-state index in [0.717, 1.165) is 30.7 Å². The standard InChI is InChI=1S/C21H25N5O2/c1-3-4-20(16-5-7-19(8-6-16)28-12-11-23-2)26-21(27)17(14-22)13-18-9-10-24-15-25-18/h5-10,13,15,20,23H,3-4,11-12H2,1-2H3,(H,26,27). The molecule has 1 heterocycles. The Morgan fingerprint density at radius 1 is 1.32 bits per heavy atom. The van der Waals surface area contributed by atoms with Crippen LogP contribution in [0.5, 0.6) is 5.75 Å². The number of nitrogens with one attached hydrogen (secondary N) is 2. The number of rotatable bonds is 10. The molecule has 0 aliphatic carbocycles. The van der Waals surface area contributed by atoms with E-state index in [-0.39, 0.29) is 11.6 Å². The topological polar surface area (TPSA) is 99.9 Å². The van der Waals surface area contributed by atoms with Crippen LogP contribution in [0.3, 0.4) is 0 Å². The zero-order valence-corrected chi connectivity index (χ0v) is 16.2. The van der Waals surface area contributed by atoms with Crippen molar-refractivity contribution >= 4 is 12.0 Å². The van der Waals surface area contributed by atoms with Crippen LogP contribution in [0.25, 0.3) is 6.08 Å². The minimum Gasteiger partial charge on any atom is -0.492 e. The van der Waals surface area contributed by atoms with E-state index in [9.17, 15) is 10.1 Å². The van der Waals surface area contributed by atoms with Crippen LogP contribution in [0, 0.1) is 11.3 Å². The molecule has 0 spiro atoms. The smallest absolute Gasteiger partial charge is 0.262 e. The predicted octanol–water partition coefficient (Wildman–Crippen LogP) is 2.64. The lowest BCUT2D eigenvalue weighted by molar-refractivity contribution is -0.117. The molecule has 2 aromatic rings. The van der Waals surface area contributed by atoms with Gasteiger partial charge in [0.15, 0.2) is 0 Å². The second-order valence-electron chi connectivity index (χ2n) is 6.14. The highest BCUT2D eigenvalue weighted by Crippen LogP contribution is 2.22. The summed E-state index contributed by atoms with van der Waals surface area (Å²) in [5, 5.41) is 15.3. The number of hydrogen-bond acceptors (Lipinski definition) is 6. The molecule has 0 fully saturated rings. The number of benzene rings is 1. The summed E-state index contributed by atoms with van der Waals surface area (Å²) in [6, 6.07) is 11.1. The van der Waals surface area contributed by atoms with Crippen LogP contribution in [0.4, 0.5) is 0 Å². The van der Waals surface area contributed by atoms with Gasteiger partial charge in [-0.05, 0) is 43.3 Å². The number of nitriles is 1. The van der Waals surface area contributed by atoms with E-state index in [0.29, 0.717) is 12.3 Å². The normalized spacial score (nSPS) is 12.1. The van der Waals surface area contributed by atoms with Gasteiger partial charge in [0, 0.05) is 12.7 Å². The van der Waals surface area contributed by atoms with Crippen molar-refractivity contribution in [2.75, 3.05) is 20.2 Å². The summed E-state index contributed by atoms with van der Waals surface area (Å²) in [5.74, 6) is 0.357. The first-order valence-electron chi connectivity index (χ1n) is 9.24. The molecule has 146 valence electrons. The molecule has 28 heavy (non-hydrogen) atoms. The number of hydrogen-bond donors (Lipinski definition) is 2. The number of aromatic nitrogens is 2. The quantitative estimate of drug-likeness (QED) is 0.374. The van der Waals surface area contributed by atoms with Crippen molar-refractivity contribution in [3.8, 4) is 11.8 Å². The summed E-state index contributed by atoms with van der Waals surface area (Å²) in [7, 11) is 1.87. The summed E-state index contributed by atoms with van der Waals surface area (Å²) in [4.78, 5) is 20.5. The van der Waals surface area contributed by atoms with Gasteiger partial charge < -0.3 is 15.4 Å². The maximum atomic E-state index is 12.6. The van der Waals surface area contributed by atoms with Crippen molar-refractivity contribution < 1.29 is 9.53 Å². The number of nitrogens with zero attached hydrogens (tertiary/aromatic N) is 3. The van der Waals surface area contributed by atoms with E-state index in [2.05, 4.69) is 27.5 Å². The zero-order chi connectivity index (χ0) is 20.2. The van der Waals surface area contributed by atoms with Crippen LogP contribution in [0.2, 0.25) is 0 Å². The fourth-order valence-corrected chi connectivity index (χ4v) is 2.60. The summed E-state index contributed by atoms with van der Waals surface area (Å²) >= 11 is 0. The van der Waals surface area contributed by atoms with Crippen molar-refractivity contribution in [1.82, 2.24) is 20.6 Å². The maximum absolute atomic E-state index is 12.6. The monoisotopic (exact) mass is 379 g/mol. The first-order chi connectivity index (χ1) is 13.7. The number of carbonyl (C=O) groups is 1. The van der Waals surface area contributed by atoms with Crippen LogP contribution < -0.4 is 15.4 Å². The van der Waals surface area contributed by atoms with Crippen LogP contribution >= 0.6 is 0 Å². The van der Waals surface area contributed by atoms with Gasteiger partial charge in [0.05, 0.1) is 11.7 Å². The lowest BCUT2D eigenvalue weighted by atomic mass is 10.0. The van der Waals surface area contributed by atoms with Gasteiger partial charge in [-0.15, -0.1) is 0 Å². The maximum Gasteiger partial charge on any atom is 0.262 e. The van der Waals surface area contributed by atoms with E-state index in [1.165, 1.54) is 12.4 Å². The van der Waals surface area contributed by atoms with Crippen LogP contribution in [-0.2, 0) is 4.79 Å². The lowest BCUT2D eigenvalue weighted by Crippen LogP contribution is -2.29. The average molecular weight is 379 g/mol. The highest BCUT2D eigenvalue weighted by atomic mass is 16.5. The van der Waals surface area contributed by atoms with E-state index >= 15 is 0 Å². The number of ether oxygens (including phenoxy) is 1. The molecule has 0 saturated carbocycles.